The molecule has 0 amide bonds. The highest BCUT2D eigenvalue weighted by Gasteiger charge is 2.17. The van der Waals surface area contributed by atoms with Crippen molar-refractivity contribution in [2.45, 2.75) is 12.5 Å². The van der Waals surface area contributed by atoms with E-state index in [-0.39, 0.29) is 6.10 Å². The first kappa shape index (κ1) is 8.73. The van der Waals surface area contributed by atoms with Crippen molar-refractivity contribution in [3.05, 3.63) is 30.6 Å². The molecular weight excluding hydrogens is 192 g/mol. The Bertz CT molecular complexity index is 460. The van der Waals surface area contributed by atoms with Crippen molar-refractivity contribution in [1.29, 1.82) is 0 Å². The Kier molecular flexibility index (Phi) is 2.07. The van der Waals surface area contributed by atoms with Crippen LogP contribution in [0.3, 0.4) is 0 Å². The summed E-state index contributed by atoms with van der Waals surface area (Å²) >= 11 is 0. The van der Waals surface area contributed by atoms with Crippen LogP contribution in [0.2, 0.25) is 0 Å². The molecule has 2 aromatic heterocycles. The molecule has 78 valence electrons. The second kappa shape index (κ2) is 3.55. The molecule has 4 heteroatoms. The lowest BCUT2D eigenvalue weighted by atomic mass is 10.3. The van der Waals surface area contributed by atoms with Crippen LogP contribution in [0, 0.1) is 0 Å². The molecule has 1 unspecified atom stereocenters. The first-order chi connectivity index (χ1) is 7.42. The topological polar surface area (TPSA) is 35.8 Å². The van der Waals surface area contributed by atoms with E-state index in [1.54, 1.807) is 6.20 Å². The van der Waals surface area contributed by atoms with E-state index < -0.39 is 0 Å². The summed E-state index contributed by atoms with van der Waals surface area (Å²) in [5.41, 5.74) is 1.07. The Morgan fingerprint density at radius 3 is 3.27 bits per heavy atom. The fourth-order valence-electron chi connectivity index (χ4n) is 1.76. The van der Waals surface area contributed by atoms with E-state index in [4.69, 9.17) is 9.47 Å². The Morgan fingerprint density at radius 1 is 1.40 bits per heavy atom. The minimum Gasteiger partial charge on any atom is -0.486 e. The lowest BCUT2D eigenvalue weighted by Crippen LogP contribution is -2.15. The molecule has 1 aliphatic heterocycles. The van der Waals surface area contributed by atoms with Gasteiger partial charge in [0.25, 0.3) is 0 Å². The largest absolute Gasteiger partial charge is 0.486 e. The maximum Gasteiger partial charge on any atom is 0.138 e. The van der Waals surface area contributed by atoms with Crippen molar-refractivity contribution in [2.24, 2.45) is 0 Å². The summed E-state index contributed by atoms with van der Waals surface area (Å²) < 4.78 is 12.8. The molecule has 1 fully saturated rings. The predicted molar refractivity (Wildman–Crippen MR) is 55.0 cm³/mol. The summed E-state index contributed by atoms with van der Waals surface area (Å²) in [5.74, 6) is 0.849. The smallest absolute Gasteiger partial charge is 0.138 e. The number of nitrogens with zero attached hydrogens (tertiary/aromatic N) is 2. The molecule has 0 aliphatic carbocycles. The van der Waals surface area contributed by atoms with Crippen molar-refractivity contribution < 1.29 is 9.47 Å². The molecule has 1 saturated heterocycles. The normalized spacial score (nSPS) is 20.9. The molecule has 3 heterocycles. The number of fused-ring (bicyclic) bond motifs is 1. The van der Waals surface area contributed by atoms with Crippen molar-refractivity contribution in [2.75, 3.05) is 13.2 Å². The maximum absolute atomic E-state index is 5.77. The summed E-state index contributed by atoms with van der Waals surface area (Å²) in [5, 5.41) is 4.16. The van der Waals surface area contributed by atoms with Crippen LogP contribution < -0.4 is 4.74 Å². The standard InChI is InChI=1S/C11H12N2O2/c1-2-10(15-11-4-6-14-8-11)7-13-9(1)3-5-12-13/h1-3,5,7,11H,4,6,8H2. The van der Waals surface area contributed by atoms with Gasteiger partial charge in [-0.15, -0.1) is 0 Å². The quantitative estimate of drug-likeness (QED) is 0.743. The minimum absolute atomic E-state index is 0.193. The van der Waals surface area contributed by atoms with Crippen LogP contribution in [-0.2, 0) is 4.74 Å². The zero-order valence-electron chi connectivity index (χ0n) is 8.30. The monoisotopic (exact) mass is 204 g/mol. The van der Waals surface area contributed by atoms with Gasteiger partial charge in [-0.25, -0.2) is 4.52 Å². The Labute approximate surface area is 87.4 Å². The molecule has 0 radical (unpaired) electrons. The highest BCUT2D eigenvalue weighted by Crippen LogP contribution is 2.17. The summed E-state index contributed by atoms with van der Waals surface area (Å²) in [7, 11) is 0. The third-order valence-corrected chi connectivity index (χ3v) is 2.56. The van der Waals surface area contributed by atoms with Gasteiger partial charge in [-0.1, -0.05) is 0 Å². The molecular formula is C11H12N2O2. The number of aromatic nitrogens is 2. The SMILES string of the molecule is c1cc2ccc(OC3CCOC3)cn2n1. The molecule has 2 aromatic rings. The number of hydrogen-bond donors (Lipinski definition) is 0. The van der Waals surface area contributed by atoms with Crippen molar-refractivity contribution in [3.8, 4) is 5.75 Å². The highest BCUT2D eigenvalue weighted by atomic mass is 16.5. The second-order valence-corrected chi connectivity index (χ2v) is 3.67. The fraction of sp³-hybridized carbons (Fsp3) is 0.364. The lowest BCUT2D eigenvalue weighted by molar-refractivity contribution is 0.141. The molecule has 15 heavy (non-hydrogen) atoms. The first-order valence-electron chi connectivity index (χ1n) is 5.10. The van der Waals surface area contributed by atoms with Gasteiger partial charge < -0.3 is 9.47 Å². The van der Waals surface area contributed by atoms with Crippen LogP contribution in [0.15, 0.2) is 30.6 Å². The Morgan fingerprint density at radius 2 is 2.40 bits per heavy atom. The van der Waals surface area contributed by atoms with E-state index in [0.717, 1.165) is 24.3 Å². The summed E-state index contributed by atoms with van der Waals surface area (Å²) in [6, 6.07) is 5.93. The molecule has 1 atom stereocenters. The van der Waals surface area contributed by atoms with E-state index in [9.17, 15) is 0 Å². The van der Waals surface area contributed by atoms with E-state index in [1.807, 2.05) is 28.9 Å². The van der Waals surface area contributed by atoms with Crippen LogP contribution in [-0.4, -0.2) is 28.9 Å². The molecule has 0 N–H and O–H groups in total. The lowest BCUT2D eigenvalue weighted by Gasteiger charge is -2.11. The van der Waals surface area contributed by atoms with Gasteiger partial charge in [-0.2, -0.15) is 5.10 Å². The average molecular weight is 204 g/mol. The zero-order valence-corrected chi connectivity index (χ0v) is 8.30. The van der Waals surface area contributed by atoms with Crippen molar-refractivity contribution >= 4 is 5.52 Å². The minimum atomic E-state index is 0.193. The van der Waals surface area contributed by atoms with E-state index in [1.165, 1.54) is 0 Å². The van der Waals surface area contributed by atoms with Gasteiger partial charge in [0.05, 0.1) is 24.9 Å². The molecule has 1 aliphatic rings. The zero-order chi connectivity index (χ0) is 10.1. The fourth-order valence-corrected chi connectivity index (χ4v) is 1.76. The summed E-state index contributed by atoms with van der Waals surface area (Å²) in [6.45, 7) is 1.49. The number of ether oxygens (including phenoxy) is 2. The van der Waals surface area contributed by atoms with E-state index in [2.05, 4.69) is 5.10 Å². The number of pyridine rings is 1. The van der Waals surface area contributed by atoms with Crippen molar-refractivity contribution in [3.63, 3.8) is 0 Å². The van der Waals surface area contributed by atoms with Gasteiger partial charge in [0.1, 0.15) is 11.9 Å². The number of hydrogen-bond acceptors (Lipinski definition) is 3. The van der Waals surface area contributed by atoms with E-state index in [0.29, 0.717) is 6.61 Å². The first-order valence-corrected chi connectivity index (χ1v) is 5.10. The van der Waals surface area contributed by atoms with Gasteiger partial charge in [-0.05, 0) is 18.2 Å². The third kappa shape index (κ3) is 1.68. The van der Waals surface area contributed by atoms with Crippen LogP contribution in [0.1, 0.15) is 6.42 Å². The highest BCUT2D eigenvalue weighted by molar-refractivity contribution is 5.47. The van der Waals surface area contributed by atoms with Crippen LogP contribution >= 0.6 is 0 Å². The average Bonchev–Trinajstić information content (AvgIpc) is 2.87. The van der Waals surface area contributed by atoms with Crippen molar-refractivity contribution in [1.82, 2.24) is 9.61 Å². The summed E-state index contributed by atoms with van der Waals surface area (Å²) in [6.07, 6.45) is 4.83. The number of rotatable bonds is 2. The van der Waals surface area contributed by atoms with Gasteiger partial charge >= 0.3 is 0 Å². The summed E-state index contributed by atoms with van der Waals surface area (Å²) in [4.78, 5) is 0. The molecule has 4 nitrogen and oxygen atoms in total. The second-order valence-electron chi connectivity index (χ2n) is 3.67. The Hall–Kier alpha value is -1.55. The maximum atomic E-state index is 5.77. The van der Waals surface area contributed by atoms with Gasteiger partial charge in [0.2, 0.25) is 0 Å². The van der Waals surface area contributed by atoms with Gasteiger partial charge in [0.15, 0.2) is 0 Å². The predicted octanol–water partition coefficient (Wildman–Crippen LogP) is 1.50. The van der Waals surface area contributed by atoms with Gasteiger partial charge in [-0.3, -0.25) is 0 Å². The molecule has 3 rings (SSSR count). The van der Waals surface area contributed by atoms with Crippen LogP contribution in [0.4, 0.5) is 0 Å². The Balaban J connectivity index is 1.84. The molecule has 0 saturated carbocycles. The van der Waals surface area contributed by atoms with Crippen LogP contribution in [0.5, 0.6) is 5.75 Å². The molecule has 0 aromatic carbocycles. The third-order valence-electron chi connectivity index (χ3n) is 2.56. The van der Waals surface area contributed by atoms with Crippen LogP contribution in [0.25, 0.3) is 5.52 Å². The van der Waals surface area contributed by atoms with E-state index >= 15 is 0 Å². The molecule has 0 spiro atoms. The van der Waals surface area contributed by atoms with Gasteiger partial charge in [0, 0.05) is 12.6 Å². The molecule has 0 bridgehead atoms.